The Balaban J connectivity index is 1.61. The molecule has 25 heavy (non-hydrogen) atoms. The van der Waals surface area contributed by atoms with Crippen LogP contribution in [-0.4, -0.2) is 23.7 Å². The van der Waals surface area contributed by atoms with Crippen LogP contribution in [0.4, 0.5) is 0 Å². The molecule has 0 radical (unpaired) electrons. The highest BCUT2D eigenvalue weighted by atomic mass is 32.1. The molecule has 138 valence electrons. The fraction of sp³-hybridized carbons (Fsp3) is 0.600. The lowest BCUT2D eigenvalue weighted by Crippen LogP contribution is -2.43. The second kappa shape index (κ2) is 9.18. The molecule has 1 amide bonds. The summed E-state index contributed by atoms with van der Waals surface area (Å²) in [6.45, 7) is 7.08. The van der Waals surface area contributed by atoms with Crippen LogP contribution in [0, 0.1) is 0 Å². The molecule has 1 aliphatic carbocycles. The SMILES string of the molecule is CC(C)(C)c1ccc(OCCCC(=O)NC(=S)NC2CCCC2)cc1. The second-order valence-corrected chi connectivity index (χ2v) is 8.14. The molecule has 0 spiro atoms. The number of rotatable bonds is 6. The molecule has 1 fully saturated rings. The number of nitrogens with one attached hydrogen (secondary N) is 2. The Morgan fingerprint density at radius 1 is 1.20 bits per heavy atom. The molecular weight excluding hydrogens is 332 g/mol. The smallest absolute Gasteiger partial charge is 0.226 e. The van der Waals surface area contributed by atoms with Gasteiger partial charge in [-0.1, -0.05) is 45.7 Å². The standard InChI is InChI=1S/C20H30N2O2S/c1-20(2,3)15-10-12-17(13-11-15)24-14-6-9-18(23)22-19(25)21-16-7-4-5-8-16/h10-13,16H,4-9,14H2,1-3H3,(H2,21,22,23,25). The Hall–Kier alpha value is -1.62. The number of carbonyl (C=O) groups excluding carboxylic acids is 1. The van der Waals surface area contributed by atoms with Gasteiger partial charge in [-0.05, 0) is 54.6 Å². The third-order valence-electron chi connectivity index (χ3n) is 4.48. The highest BCUT2D eigenvalue weighted by molar-refractivity contribution is 7.80. The normalized spacial score (nSPS) is 15.0. The number of ether oxygens (including phenoxy) is 1. The van der Waals surface area contributed by atoms with Gasteiger partial charge in [0.25, 0.3) is 0 Å². The first-order valence-corrected chi connectivity index (χ1v) is 9.59. The van der Waals surface area contributed by atoms with Crippen LogP contribution in [0.1, 0.15) is 64.9 Å². The Morgan fingerprint density at radius 2 is 1.84 bits per heavy atom. The fourth-order valence-corrected chi connectivity index (χ4v) is 3.24. The van der Waals surface area contributed by atoms with E-state index in [1.807, 2.05) is 12.1 Å². The Morgan fingerprint density at radius 3 is 2.44 bits per heavy atom. The Labute approximate surface area is 156 Å². The van der Waals surface area contributed by atoms with Gasteiger partial charge < -0.3 is 15.4 Å². The first-order valence-electron chi connectivity index (χ1n) is 9.18. The first-order chi connectivity index (χ1) is 11.8. The molecule has 0 aromatic heterocycles. The summed E-state index contributed by atoms with van der Waals surface area (Å²) in [4.78, 5) is 11.9. The van der Waals surface area contributed by atoms with Crippen molar-refractivity contribution in [3.8, 4) is 5.75 Å². The van der Waals surface area contributed by atoms with Crippen LogP contribution in [0.15, 0.2) is 24.3 Å². The van der Waals surface area contributed by atoms with Crippen LogP contribution in [0.3, 0.4) is 0 Å². The number of hydrogen-bond donors (Lipinski definition) is 2. The molecular formula is C20H30N2O2S. The molecule has 2 N–H and O–H groups in total. The molecule has 0 atom stereocenters. The maximum atomic E-state index is 11.9. The maximum Gasteiger partial charge on any atom is 0.226 e. The number of thiocarbonyl (C=S) groups is 1. The minimum Gasteiger partial charge on any atom is -0.494 e. The molecule has 1 aromatic rings. The minimum absolute atomic E-state index is 0.0535. The van der Waals surface area contributed by atoms with E-state index in [1.165, 1.54) is 18.4 Å². The van der Waals surface area contributed by atoms with Crippen LogP contribution in [-0.2, 0) is 10.2 Å². The summed E-state index contributed by atoms with van der Waals surface area (Å²) in [7, 11) is 0. The van der Waals surface area contributed by atoms with E-state index < -0.39 is 0 Å². The van der Waals surface area contributed by atoms with E-state index in [-0.39, 0.29) is 11.3 Å². The third-order valence-corrected chi connectivity index (χ3v) is 4.70. The molecule has 1 aliphatic rings. The highest BCUT2D eigenvalue weighted by Crippen LogP contribution is 2.24. The number of carbonyl (C=O) groups is 1. The zero-order chi connectivity index (χ0) is 18.3. The van der Waals surface area contributed by atoms with Crippen LogP contribution >= 0.6 is 12.2 Å². The van der Waals surface area contributed by atoms with Gasteiger partial charge in [0.1, 0.15) is 5.75 Å². The third kappa shape index (κ3) is 7.02. The van der Waals surface area contributed by atoms with Gasteiger partial charge in [-0.15, -0.1) is 0 Å². The molecule has 5 heteroatoms. The van der Waals surface area contributed by atoms with Gasteiger partial charge in [-0.25, -0.2) is 0 Å². The van der Waals surface area contributed by atoms with Gasteiger partial charge in [0, 0.05) is 12.5 Å². The van der Waals surface area contributed by atoms with Gasteiger partial charge in [-0.2, -0.15) is 0 Å². The van der Waals surface area contributed by atoms with Crippen molar-refractivity contribution in [2.75, 3.05) is 6.61 Å². The number of hydrogen-bond acceptors (Lipinski definition) is 3. The zero-order valence-corrected chi connectivity index (χ0v) is 16.4. The number of benzene rings is 1. The van der Waals surface area contributed by atoms with E-state index in [2.05, 4.69) is 43.5 Å². The molecule has 0 saturated heterocycles. The topological polar surface area (TPSA) is 50.4 Å². The lowest BCUT2D eigenvalue weighted by Gasteiger charge is -2.19. The fourth-order valence-electron chi connectivity index (χ4n) is 2.95. The van der Waals surface area contributed by atoms with Crippen molar-refractivity contribution in [2.45, 2.75) is 70.8 Å². The quantitative estimate of drug-likeness (QED) is 0.591. The molecule has 1 saturated carbocycles. The molecule has 0 heterocycles. The van der Waals surface area contributed by atoms with E-state index in [0.29, 0.717) is 30.6 Å². The van der Waals surface area contributed by atoms with Crippen LogP contribution in [0.5, 0.6) is 5.75 Å². The van der Waals surface area contributed by atoms with E-state index in [4.69, 9.17) is 17.0 Å². The average molecular weight is 363 g/mol. The van der Waals surface area contributed by atoms with Crippen molar-refractivity contribution in [1.29, 1.82) is 0 Å². The lowest BCUT2D eigenvalue weighted by atomic mass is 9.87. The van der Waals surface area contributed by atoms with E-state index in [1.54, 1.807) is 0 Å². The molecule has 0 aliphatic heterocycles. The molecule has 0 bridgehead atoms. The largest absolute Gasteiger partial charge is 0.494 e. The molecule has 1 aromatic carbocycles. The van der Waals surface area contributed by atoms with Gasteiger partial charge in [0.2, 0.25) is 5.91 Å². The summed E-state index contributed by atoms with van der Waals surface area (Å²) >= 11 is 5.19. The van der Waals surface area contributed by atoms with Crippen LogP contribution in [0.2, 0.25) is 0 Å². The van der Waals surface area contributed by atoms with Crippen LogP contribution < -0.4 is 15.4 Å². The van der Waals surface area contributed by atoms with E-state index in [9.17, 15) is 4.79 Å². The summed E-state index contributed by atoms with van der Waals surface area (Å²) in [5, 5.41) is 6.42. The van der Waals surface area contributed by atoms with Crippen molar-refractivity contribution < 1.29 is 9.53 Å². The summed E-state index contributed by atoms with van der Waals surface area (Å²) in [6.07, 6.45) is 5.83. The van der Waals surface area contributed by atoms with Crippen LogP contribution in [0.25, 0.3) is 0 Å². The Kier molecular flexibility index (Phi) is 7.24. The van der Waals surface area contributed by atoms with Crippen molar-refractivity contribution in [3.05, 3.63) is 29.8 Å². The van der Waals surface area contributed by atoms with Crippen molar-refractivity contribution >= 4 is 23.2 Å². The predicted molar refractivity (Wildman–Crippen MR) is 106 cm³/mol. The summed E-state index contributed by atoms with van der Waals surface area (Å²) in [5.41, 5.74) is 1.42. The summed E-state index contributed by atoms with van der Waals surface area (Å²) in [6, 6.07) is 8.58. The summed E-state index contributed by atoms with van der Waals surface area (Å²) < 4.78 is 5.71. The molecule has 0 unspecified atom stereocenters. The second-order valence-electron chi connectivity index (χ2n) is 7.73. The highest BCUT2D eigenvalue weighted by Gasteiger charge is 2.16. The van der Waals surface area contributed by atoms with E-state index >= 15 is 0 Å². The van der Waals surface area contributed by atoms with E-state index in [0.717, 1.165) is 18.6 Å². The van der Waals surface area contributed by atoms with Crippen molar-refractivity contribution in [2.24, 2.45) is 0 Å². The van der Waals surface area contributed by atoms with Gasteiger partial charge in [0.05, 0.1) is 6.61 Å². The minimum atomic E-state index is -0.0535. The predicted octanol–water partition coefficient (Wildman–Crippen LogP) is 4.08. The maximum absolute atomic E-state index is 11.9. The molecule has 2 rings (SSSR count). The van der Waals surface area contributed by atoms with Gasteiger partial charge >= 0.3 is 0 Å². The zero-order valence-electron chi connectivity index (χ0n) is 15.6. The Bertz CT molecular complexity index is 572. The van der Waals surface area contributed by atoms with Crippen molar-refractivity contribution in [3.63, 3.8) is 0 Å². The first kappa shape index (κ1) is 19.7. The average Bonchev–Trinajstić information content (AvgIpc) is 3.04. The van der Waals surface area contributed by atoms with Gasteiger partial charge in [0.15, 0.2) is 5.11 Å². The lowest BCUT2D eigenvalue weighted by molar-refractivity contribution is -0.119. The summed E-state index contributed by atoms with van der Waals surface area (Å²) in [5.74, 6) is 0.786. The van der Waals surface area contributed by atoms with Gasteiger partial charge in [-0.3, -0.25) is 4.79 Å². The number of amides is 1. The molecule has 4 nitrogen and oxygen atoms in total. The monoisotopic (exact) mass is 362 g/mol. The van der Waals surface area contributed by atoms with Crippen molar-refractivity contribution in [1.82, 2.24) is 10.6 Å².